The van der Waals surface area contributed by atoms with Gasteiger partial charge in [-0.2, -0.15) is 0 Å². The summed E-state index contributed by atoms with van der Waals surface area (Å²) in [5, 5.41) is 0. The van der Waals surface area contributed by atoms with Gasteiger partial charge in [-0.1, -0.05) is 0 Å². The van der Waals surface area contributed by atoms with E-state index in [0.29, 0.717) is 0 Å². The average Bonchev–Trinajstić information content (AvgIpc) is 1.12. The van der Waals surface area contributed by atoms with Crippen molar-refractivity contribution in [3.05, 3.63) is 0 Å². The first-order chi connectivity index (χ1) is 4.00. The van der Waals surface area contributed by atoms with Gasteiger partial charge in [0, 0.05) is 10.4 Å². The van der Waals surface area contributed by atoms with E-state index in [2.05, 4.69) is 0 Å². The van der Waals surface area contributed by atoms with Gasteiger partial charge in [0.15, 0.2) is 0 Å². The number of rotatable bonds is 0. The van der Waals surface area contributed by atoms with Gasteiger partial charge in [-0.05, 0) is 0 Å². The zero-order valence-electron chi connectivity index (χ0n) is 8.75. The molecule has 0 fully saturated rings. The molecular formula is H3AlCaClFKNaO9SSi. The molecule has 17 heavy (non-hydrogen) atoms. The Labute approximate surface area is 210 Å². The molecule has 0 aromatic rings. The molecule has 0 aromatic heterocycles. The van der Waals surface area contributed by atoms with Crippen molar-refractivity contribution in [1.82, 2.24) is 0 Å². The third-order valence-electron chi connectivity index (χ3n) is 0. The number of hydrogen-bond donors (Lipinski definition) is 1. The van der Waals surface area contributed by atoms with E-state index in [9.17, 15) is 0 Å². The van der Waals surface area contributed by atoms with Crippen LogP contribution in [0.4, 0.5) is 0 Å². The van der Waals surface area contributed by atoms with Crippen molar-refractivity contribution in [3.8, 4) is 0 Å². The standard InChI is InChI=1S/Al.Ca.ClH.FH.K.Na.H2O4S.HO4Si.H2O/c;;;;;;2*1-5(2,3)4;/h;;2*1H;;;(H2,1,2,3,4);1H;1H2/q+3;+2;;;2*+1;;-3;/p-4. The van der Waals surface area contributed by atoms with Crippen LogP contribution in [0.3, 0.4) is 0 Å². The van der Waals surface area contributed by atoms with Crippen molar-refractivity contribution >= 4 is 74.5 Å². The molecule has 0 rings (SSSR count). The summed E-state index contributed by atoms with van der Waals surface area (Å²) in [5.41, 5.74) is 0. The predicted molar refractivity (Wildman–Crippen MR) is 33.6 cm³/mol. The van der Waals surface area contributed by atoms with E-state index in [1.165, 1.54) is 0 Å². The fourth-order valence-electron chi connectivity index (χ4n) is 0. The summed E-state index contributed by atoms with van der Waals surface area (Å²) in [6, 6.07) is 0. The van der Waals surface area contributed by atoms with Gasteiger partial charge in [0.25, 0.3) is 0 Å². The molecular weight excluding hydrogens is 388 g/mol. The van der Waals surface area contributed by atoms with Crippen LogP contribution < -0.4 is 112 Å². The summed E-state index contributed by atoms with van der Waals surface area (Å²) < 4.78 is 34.1. The van der Waals surface area contributed by atoms with Crippen LogP contribution in [0.1, 0.15) is 0 Å². The maximum Gasteiger partial charge on any atom is 3.00 e. The van der Waals surface area contributed by atoms with Gasteiger partial charge in [0.1, 0.15) is 0 Å². The monoisotopic (exact) mass is 390 g/mol. The van der Waals surface area contributed by atoms with Gasteiger partial charge < -0.3 is 50.9 Å². The summed E-state index contributed by atoms with van der Waals surface area (Å²) in [5.74, 6) is 0. The fourth-order valence-corrected chi connectivity index (χ4v) is 0. The van der Waals surface area contributed by atoms with Gasteiger partial charge in [0.05, 0.1) is 0 Å². The molecule has 9 nitrogen and oxygen atoms in total. The van der Waals surface area contributed by atoms with Crippen LogP contribution in [0.5, 0.6) is 0 Å². The number of hydrogen-bond acceptors (Lipinski definition) is 8. The molecule has 17 heteroatoms. The Balaban J connectivity index is -0.00000000762. The maximum absolute atomic E-state index is 8.69. The minimum absolute atomic E-state index is 0. The van der Waals surface area contributed by atoms with Crippen LogP contribution in [-0.4, -0.2) is 91.9 Å². The Morgan fingerprint density at radius 1 is 1.06 bits per heavy atom. The normalized spacial score (nSPS) is 6.94. The van der Waals surface area contributed by atoms with Crippen molar-refractivity contribution in [2.24, 2.45) is 0 Å². The van der Waals surface area contributed by atoms with Gasteiger partial charge in [-0.15, -0.1) is 9.05 Å². The van der Waals surface area contributed by atoms with E-state index in [4.69, 9.17) is 36.7 Å². The topological polar surface area (TPSA) is 201 Å². The van der Waals surface area contributed by atoms with E-state index in [1.807, 2.05) is 0 Å². The molecule has 0 saturated carbocycles. The van der Waals surface area contributed by atoms with Gasteiger partial charge in [-0.3, -0.25) is 8.42 Å². The van der Waals surface area contributed by atoms with Crippen molar-refractivity contribution in [2.45, 2.75) is 0 Å². The number of halogens is 2. The Morgan fingerprint density at radius 3 is 1.06 bits per heavy atom. The fraction of sp³-hybridized carbons (Fsp3) is 0. The third-order valence-corrected chi connectivity index (χ3v) is 0. The summed E-state index contributed by atoms with van der Waals surface area (Å²) >= 11 is 0. The Morgan fingerprint density at radius 2 is 1.06 bits per heavy atom. The summed E-state index contributed by atoms with van der Waals surface area (Å²) in [7, 11) is -10.5. The summed E-state index contributed by atoms with van der Waals surface area (Å²) in [4.78, 5) is 33.1. The molecule has 3 N–H and O–H groups in total. The van der Waals surface area contributed by atoms with E-state index >= 15 is 0 Å². The molecule has 0 unspecified atom stereocenters. The van der Waals surface area contributed by atoms with E-state index < -0.39 is 19.4 Å². The summed E-state index contributed by atoms with van der Waals surface area (Å²) in [6.45, 7) is 0. The van der Waals surface area contributed by atoms with Crippen LogP contribution in [0.25, 0.3) is 0 Å². The third kappa shape index (κ3) is 343. The van der Waals surface area contributed by atoms with Crippen LogP contribution >= 0.6 is 0 Å². The quantitative estimate of drug-likeness (QED) is 0.238. The van der Waals surface area contributed by atoms with Crippen molar-refractivity contribution < 1.29 is 140 Å². The smallest absolute Gasteiger partial charge is 1.00 e. The molecule has 0 bridgehead atoms. The second-order valence-electron chi connectivity index (χ2n) is 0.932. The Bertz CT molecular complexity index is 176. The Kier molecular flexibility index (Phi) is 97.4. The predicted octanol–water partition coefficient (Wildman–Crippen LogP) is -19.4. The first-order valence-electron chi connectivity index (χ1n) is 1.50. The van der Waals surface area contributed by atoms with Crippen LogP contribution in [-0.2, 0) is 10.4 Å². The first-order valence-corrected chi connectivity index (χ1v) is 4.51. The molecule has 0 aliphatic heterocycles. The van der Waals surface area contributed by atoms with Crippen molar-refractivity contribution in [1.29, 1.82) is 0 Å². The average molecular weight is 391 g/mol. The van der Waals surface area contributed by atoms with E-state index in [-0.39, 0.29) is 159 Å². The van der Waals surface area contributed by atoms with E-state index in [0.717, 1.165) is 0 Å². The summed E-state index contributed by atoms with van der Waals surface area (Å²) in [6.07, 6.45) is 0. The van der Waals surface area contributed by atoms with Crippen molar-refractivity contribution in [2.75, 3.05) is 0 Å². The largest absolute Gasteiger partial charge is 3.00 e. The molecule has 0 heterocycles. The second kappa shape index (κ2) is 28.7. The zero-order valence-corrected chi connectivity index (χ0v) is 19.8. The molecule has 0 aromatic carbocycles. The minimum atomic E-state index is -5.36. The SMILES string of the molecule is O.O=S(=O)([O-])[O-].[Al+3].[Ca+2].[Cl-].[F-].[K+].[Na+].[O-][Si]([O-])([O-])O. The van der Waals surface area contributed by atoms with Gasteiger partial charge in [0.2, 0.25) is 0 Å². The van der Waals surface area contributed by atoms with Crippen molar-refractivity contribution in [3.63, 3.8) is 0 Å². The first kappa shape index (κ1) is 57.8. The zero-order chi connectivity index (χ0) is 9.00. The molecule has 0 amide bonds. The van der Waals surface area contributed by atoms with E-state index in [1.54, 1.807) is 0 Å². The molecule has 0 aliphatic rings. The minimum Gasteiger partial charge on any atom is -1.00 e. The second-order valence-corrected chi connectivity index (χ2v) is 2.80. The maximum atomic E-state index is 8.69. The van der Waals surface area contributed by atoms with Gasteiger partial charge in [-0.25, -0.2) is 0 Å². The molecule has 0 radical (unpaired) electrons. The molecule has 0 atom stereocenters. The van der Waals surface area contributed by atoms with Crippen LogP contribution in [0.15, 0.2) is 0 Å². The molecule has 0 spiro atoms. The molecule has 0 saturated heterocycles. The Hall–Kier alpha value is 4.54. The molecule has 0 aliphatic carbocycles. The molecule has 88 valence electrons. The van der Waals surface area contributed by atoms with Crippen LogP contribution in [0, 0.1) is 0 Å². The van der Waals surface area contributed by atoms with Gasteiger partial charge >= 0.3 is 136 Å². The van der Waals surface area contributed by atoms with Crippen LogP contribution in [0.2, 0.25) is 0 Å².